The van der Waals surface area contributed by atoms with Gasteiger partial charge in [-0.05, 0) is 23.3 Å². The molecular weight excluding hydrogens is 464 g/mol. The van der Waals surface area contributed by atoms with Crippen LogP contribution in [0.1, 0.15) is 32.6 Å². The number of ether oxygens (including phenoxy) is 6. The van der Waals surface area contributed by atoms with E-state index in [2.05, 4.69) is 0 Å². The predicted octanol–water partition coefficient (Wildman–Crippen LogP) is 3.90. The molecule has 0 aromatic heterocycles. The third-order valence-electron chi connectivity index (χ3n) is 6.66. The second-order valence-corrected chi connectivity index (χ2v) is 8.79. The summed E-state index contributed by atoms with van der Waals surface area (Å²) in [5.41, 5.74) is 2.62. The summed E-state index contributed by atoms with van der Waals surface area (Å²) >= 11 is 0. The molecule has 3 heterocycles. The first-order valence-corrected chi connectivity index (χ1v) is 11.7. The molecule has 0 unspecified atom stereocenters. The van der Waals surface area contributed by atoms with E-state index in [1.807, 2.05) is 30.3 Å². The van der Waals surface area contributed by atoms with Crippen molar-refractivity contribution in [1.82, 2.24) is 0 Å². The molecule has 8 heteroatoms. The highest BCUT2D eigenvalue weighted by atomic mass is 16.8. The van der Waals surface area contributed by atoms with Gasteiger partial charge in [-0.1, -0.05) is 66.7 Å². The molecule has 0 spiro atoms. The van der Waals surface area contributed by atoms with E-state index in [9.17, 15) is 9.59 Å². The Bertz CT molecular complexity index is 1280. The molecular formula is C28H24O8. The lowest BCUT2D eigenvalue weighted by Gasteiger charge is -2.48. The highest BCUT2D eigenvalue weighted by molar-refractivity contribution is 6.03. The first-order chi connectivity index (χ1) is 17.6. The maximum Gasteiger partial charge on any atom is 0.339 e. The average Bonchev–Trinajstić information content (AvgIpc) is 2.93. The predicted molar refractivity (Wildman–Crippen MR) is 126 cm³/mol. The molecule has 2 fully saturated rings. The zero-order valence-electron chi connectivity index (χ0n) is 19.4. The van der Waals surface area contributed by atoms with Gasteiger partial charge in [0.25, 0.3) is 0 Å². The van der Waals surface area contributed by atoms with Crippen LogP contribution in [0.4, 0.5) is 0 Å². The molecule has 6 atom stereocenters. The zero-order chi connectivity index (χ0) is 24.6. The molecule has 2 saturated heterocycles. The highest BCUT2D eigenvalue weighted by Gasteiger charge is 2.54. The molecule has 0 bridgehead atoms. The number of hydrogen-bond donors (Lipinski definition) is 0. The van der Waals surface area contributed by atoms with Gasteiger partial charge in [-0.15, -0.1) is 0 Å². The third kappa shape index (κ3) is 3.98. The van der Waals surface area contributed by atoms with Gasteiger partial charge in [0.2, 0.25) is 0 Å². The van der Waals surface area contributed by atoms with Crippen LogP contribution in [0.15, 0.2) is 78.9 Å². The topological polar surface area (TPSA) is 89.5 Å². The molecule has 0 saturated carbocycles. The summed E-state index contributed by atoms with van der Waals surface area (Å²) in [5.74, 6) is -1.14. The summed E-state index contributed by atoms with van der Waals surface area (Å²) in [7, 11) is 1.44. The molecule has 0 radical (unpaired) electrons. The van der Waals surface area contributed by atoms with E-state index in [0.717, 1.165) is 5.56 Å². The Morgan fingerprint density at radius 2 is 1.22 bits per heavy atom. The van der Waals surface area contributed by atoms with Crippen molar-refractivity contribution in [1.29, 1.82) is 0 Å². The van der Waals surface area contributed by atoms with Gasteiger partial charge in [-0.3, -0.25) is 0 Å². The minimum absolute atomic E-state index is 0.179. The highest BCUT2D eigenvalue weighted by Crippen LogP contribution is 2.39. The van der Waals surface area contributed by atoms with E-state index in [1.165, 1.54) is 7.11 Å². The summed E-state index contributed by atoms with van der Waals surface area (Å²) in [4.78, 5) is 27.0. The maximum atomic E-state index is 13.6. The fraction of sp³-hybridized carbons (Fsp3) is 0.286. The smallest absolute Gasteiger partial charge is 0.339 e. The number of rotatable bonds is 2. The Morgan fingerprint density at radius 3 is 1.83 bits per heavy atom. The fourth-order valence-corrected chi connectivity index (χ4v) is 4.94. The summed E-state index contributed by atoms with van der Waals surface area (Å²) in [6.07, 6.45) is -5.13. The molecule has 0 amide bonds. The van der Waals surface area contributed by atoms with Crippen LogP contribution < -0.4 is 0 Å². The first kappa shape index (κ1) is 22.9. The van der Waals surface area contributed by atoms with E-state index >= 15 is 0 Å². The first-order valence-electron chi connectivity index (χ1n) is 11.7. The zero-order valence-corrected chi connectivity index (χ0v) is 19.4. The molecule has 184 valence electrons. The number of carbonyl (C=O) groups is 2. The molecule has 0 aliphatic carbocycles. The van der Waals surface area contributed by atoms with Crippen molar-refractivity contribution in [3.8, 4) is 11.1 Å². The third-order valence-corrected chi connectivity index (χ3v) is 6.66. The van der Waals surface area contributed by atoms with Crippen molar-refractivity contribution in [3.63, 3.8) is 0 Å². The quantitative estimate of drug-likeness (QED) is 0.502. The number of fused-ring (bicyclic) bond motifs is 6. The van der Waals surface area contributed by atoms with Gasteiger partial charge >= 0.3 is 11.9 Å². The number of methoxy groups -OCH3 is 1. The number of carbonyl (C=O) groups excluding carboxylic acids is 2. The van der Waals surface area contributed by atoms with Crippen molar-refractivity contribution >= 4 is 11.9 Å². The summed E-state index contributed by atoms with van der Waals surface area (Å²) in [6.45, 7) is 0.179. The van der Waals surface area contributed by atoms with Crippen molar-refractivity contribution in [2.75, 3.05) is 13.7 Å². The Hall–Kier alpha value is -3.56. The number of benzene rings is 3. The Labute approximate surface area is 207 Å². The lowest BCUT2D eigenvalue weighted by atomic mass is 9.93. The van der Waals surface area contributed by atoms with Crippen LogP contribution in [0.2, 0.25) is 0 Å². The summed E-state index contributed by atoms with van der Waals surface area (Å²) in [5, 5.41) is 0. The van der Waals surface area contributed by atoms with Gasteiger partial charge in [0.05, 0.1) is 17.7 Å². The Morgan fingerprint density at radius 1 is 0.667 bits per heavy atom. The molecule has 6 rings (SSSR count). The monoisotopic (exact) mass is 488 g/mol. The lowest BCUT2D eigenvalue weighted by molar-refractivity contribution is -0.356. The molecule has 3 aliphatic heterocycles. The summed E-state index contributed by atoms with van der Waals surface area (Å²) < 4.78 is 35.8. The van der Waals surface area contributed by atoms with Crippen LogP contribution in [-0.4, -0.2) is 56.4 Å². The van der Waals surface area contributed by atoms with Crippen molar-refractivity contribution in [2.24, 2.45) is 0 Å². The van der Waals surface area contributed by atoms with E-state index in [-0.39, 0.29) is 6.61 Å². The van der Waals surface area contributed by atoms with Crippen molar-refractivity contribution < 1.29 is 38.0 Å². The Kier molecular flexibility index (Phi) is 6.02. The van der Waals surface area contributed by atoms with Gasteiger partial charge in [0.1, 0.15) is 12.2 Å². The number of esters is 2. The minimum Gasteiger partial charge on any atom is -0.452 e. The lowest BCUT2D eigenvalue weighted by Crippen LogP contribution is -2.64. The van der Waals surface area contributed by atoms with E-state index in [4.69, 9.17) is 28.4 Å². The van der Waals surface area contributed by atoms with Crippen molar-refractivity contribution in [3.05, 3.63) is 95.6 Å². The molecule has 3 aromatic carbocycles. The molecule has 3 aliphatic rings. The molecule has 3 aromatic rings. The summed E-state index contributed by atoms with van der Waals surface area (Å²) in [6, 6.07) is 23.4. The van der Waals surface area contributed by atoms with Crippen LogP contribution in [-0.2, 0) is 28.4 Å². The maximum absolute atomic E-state index is 13.6. The van der Waals surface area contributed by atoms with Crippen LogP contribution in [0.3, 0.4) is 0 Å². The van der Waals surface area contributed by atoms with Gasteiger partial charge in [-0.25, -0.2) is 9.59 Å². The normalized spacial score (nSPS) is 29.5. The van der Waals surface area contributed by atoms with Crippen LogP contribution >= 0.6 is 0 Å². The van der Waals surface area contributed by atoms with E-state index < -0.39 is 48.9 Å². The average molecular weight is 488 g/mol. The molecule has 0 N–H and O–H groups in total. The largest absolute Gasteiger partial charge is 0.452 e. The standard InChI is InChI=1S/C28H24O8/c1-31-28-24-23(22-21(33-28)15-32-27(36-22)16-9-3-2-4-10-16)34-25(29)19-13-7-5-11-17(19)18-12-6-8-14-20(18)26(30)35-24/h2-14,21-24,27-28H,15H2,1H3/t21-,22-,23+,24-,27-,28+/m1/s1. The van der Waals surface area contributed by atoms with E-state index in [1.54, 1.807) is 48.5 Å². The van der Waals surface area contributed by atoms with Crippen LogP contribution in [0.5, 0.6) is 0 Å². The van der Waals surface area contributed by atoms with Gasteiger partial charge in [0, 0.05) is 12.7 Å². The Balaban J connectivity index is 1.43. The SMILES string of the molecule is CO[C@H]1O[C@@H]2CO[C@@H](c3ccccc3)O[C@H]2[C@@H]2OC(=O)c3ccccc3-c3ccccc3C(=O)O[C@@H]12. The van der Waals surface area contributed by atoms with Gasteiger partial charge in [0.15, 0.2) is 24.8 Å². The minimum atomic E-state index is -1.07. The molecule has 36 heavy (non-hydrogen) atoms. The van der Waals surface area contributed by atoms with Crippen LogP contribution in [0, 0.1) is 0 Å². The second kappa shape index (κ2) is 9.48. The molecule has 8 nitrogen and oxygen atoms in total. The fourth-order valence-electron chi connectivity index (χ4n) is 4.94. The van der Waals surface area contributed by atoms with Crippen LogP contribution in [0.25, 0.3) is 11.1 Å². The number of hydrogen-bond acceptors (Lipinski definition) is 8. The van der Waals surface area contributed by atoms with Crippen molar-refractivity contribution in [2.45, 2.75) is 37.0 Å². The second-order valence-electron chi connectivity index (χ2n) is 8.79. The van der Waals surface area contributed by atoms with Gasteiger partial charge < -0.3 is 28.4 Å². The van der Waals surface area contributed by atoms with E-state index in [0.29, 0.717) is 22.3 Å². The van der Waals surface area contributed by atoms with Gasteiger partial charge in [-0.2, -0.15) is 0 Å².